The summed E-state index contributed by atoms with van der Waals surface area (Å²) in [5, 5.41) is 18.3. The summed E-state index contributed by atoms with van der Waals surface area (Å²) in [7, 11) is 0. The first-order valence-electron chi connectivity index (χ1n) is 7.73. The number of ether oxygens (including phenoxy) is 1. The Kier molecular flexibility index (Phi) is 5.00. The molecule has 2 aromatic rings. The van der Waals surface area contributed by atoms with Gasteiger partial charge in [-0.2, -0.15) is 0 Å². The lowest BCUT2D eigenvalue weighted by molar-refractivity contribution is 0.00466. The Balaban J connectivity index is 1.43. The van der Waals surface area contributed by atoms with E-state index in [1.807, 2.05) is 6.92 Å². The standard InChI is InChI=1S/C16H21FN4O2/c1-12-18-19-16-9-20(6-7-21(12)16)8-14(22)11-23-10-13-4-2-3-5-15(13)17/h2-5,14,22H,6-11H2,1H3. The number of fused-ring (bicyclic) bond motifs is 1. The molecule has 0 radical (unpaired) electrons. The summed E-state index contributed by atoms with van der Waals surface area (Å²) in [5.74, 6) is 1.56. The molecule has 0 aliphatic carbocycles. The van der Waals surface area contributed by atoms with Crippen LogP contribution in [0.2, 0.25) is 0 Å². The van der Waals surface area contributed by atoms with Gasteiger partial charge in [-0.15, -0.1) is 10.2 Å². The number of rotatable bonds is 6. The van der Waals surface area contributed by atoms with E-state index in [1.165, 1.54) is 6.07 Å². The third-order valence-corrected chi connectivity index (χ3v) is 4.01. The molecule has 0 saturated carbocycles. The van der Waals surface area contributed by atoms with Crippen LogP contribution in [-0.4, -0.2) is 50.6 Å². The predicted molar refractivity (Wildman–Crippen MR) is 82.1 cm³/mol. The van der Waals surface area contributed by atoms with Gasteiger partial charge in [-0.25, -0.2) is 4.39 Å². The zero-order valence-electron chi connectivity index (χ0n) is 13.2. The van der Waals surface area contributed by atoms with E-state index in [0.29, 0.717) is 18.7 Å². The predicted octanol–water partition coefficient (Wildman–Crippen LogP) is 1.12. The minimum atomic E-state index is -0.614. The van der Waals surface area contributed by atoms with Crippen molar-refractivity contribution >= 4 is 0 Å². The van der Waals surface area contributed by atoms with Gasteiger partial charge in [-0.1, -0.05) is 18.2 Å². The Bertz CT molecular complexity index is 661. The fourth-order valence-electron chi connectivity index (χ4n) is 2.78. The third-order valence-electron chi connectivity index (χ3n) is 4.01. The number of aliphatic hydroxyl groups excluding tert-OH is 1. The summed E-state index contributed by atoms with van der Waals surface area (Å²) in [6, 6.07) is 6.50. The molecule has 1 aliphatic rings. The number of aryl methyl sites for hydroxylation is 1. The van der Waals surface area contributed by atoms with Crippen LogP contribution in [0, 0.1) is 12.7 Å². The molecule has 0 saturated heterocycles. The quantitative estimate of drug-likeness (QED) is 0.864. The summed E-state index contributed by atoms with van der Waals surface area (Å²) in [6.07, 6.45) is -0.614. The van der Waals surface area contributed by atoms with Crippen molar-refractivity contribution < 1.29 is 14.2 Å². The van der Waals surface area contributed by atoms with Crippen molar-refractivity contribution in [3.63, 3.8) is 0 Å². The van der Waals surface area contributed by atoms with Gasteiger partial charge >= 0.3 is 0 Å². The van der Waals surface area contributed by atoms with E-state index < -0.39 is 6.10 Å². The summed E-state index contributed by atoms with van der Waals surface area (Å²) >= 11 is 0. The first kappa shape index (κ1) is 16.0. The van der Waals surface area contributed by atoms with Gasteiger partial charge in [0, 0.05) is 25.2 Å². The van der Waals surface area contributed by atoms with Crippen LogP contribution >= 0.6 is 0 Å². The van der Waals surface area contributed by atoms with Gasteiger partial charge in [0.2, 0.25) is 0 Å². The largest absolute Gasteiger partial charge is 0.389 e. The molecule has 1 aromatic heterocycles. The average molecular weight is 320 g/mol. The van der Waals surface area contributed by atoms with Crippen LogP contribution in [0.15, 0.2) is 24.3 Å². The molecule has 0 amide bonds. The van der Waals surface area contributed by atoms with Gasteiger partial charge in [0.05, 0.1) is 25.9 Å². The lowest BCUT2D eigenvalue weighted by atomic mass is 10.2. The van der Waals surface area contributed by atoms with Crippen LogP contribution in [0.4, 0.5) is 4.39 Å². The number of aliphatic hydroxyl groups is 1. The number of halogens is 1. The summed E-state index contributed by atoms with van der Waals surface area (Å²) in [6.45, 7) is 5.13. The smallest absolute Gasteiger partial charge is 0.147 e. The molecule has 1 unspecified atom stereocenters. The molecule has 0 spiro atoms. The van der Waals surface area contributed by atoms with E-state index in [-0.39, 0.29) is 19.0 Å². The second kappa shape index (κ2) is 7.16. The van der Waals surface area contributed by atoms with Crippen molar-refractivity contribution in [3.8, 4) is 0 Å². The second-order valence-corrected chi connectivity index (χ2v) is 5.81. The van der Waals surface area contributed by atoms with Gasteiger partial charge in [-0.3, -0.25) is 4.90 Å². The first-order valence-corrected chi connectivity index (χ1v) is 7.73. The molecule has 6 nitrogen and oxygen atoms in total. The Morgan fingerprint density at radius 3 is 2.96 bits per heavy atom. The van der Waals surface area contributed by atoms with Crippen molar-refractivity contribution in [1.29, 1.82) is 0 Å². The number of benzene rings is 1. The van der Waals surface area contributed by atoms with Gasteiger partial charge in [0.25, 0.3) is 0 Å². The lowest BCUT2D eigenvalue weighted by Gasteiger charge is -2.29. The first-order chi connectivity index (χ1) is 11.1. The van der Waals surface area contributed by atoms with Crippen LogP contribution in [0.5, 0.6) is 0 Å². The second-order valence-electron chi connectivity index (χ2n) is 5.81. The molecule has 3 rings (SSSR count). The number of nitrogens with zero attached hydrogens (tertiary/aromatic N) is 4. The zero-order valence-corrected chi connectivity index (χ0v) is 13.2. The highest BCUT2D eigenvalue weighted by atomic mass is 19.1. The highest BCUT2D eigenvalue weighted by molar-refractivity contribution is 5.16. The number of aromatic nitrogens is 3. The third kappa shape index (κ3) is 3.93. The van der Waals surface area contributed by atoms with Crippen molar-refractivity contribution in [1.82, 2.24) is 19.7 Å². The van der Waals surface area contributed by atoms with E-state index in [4.69, 9.17) is 4.74 Å². The minimum absolute atomic E-state index is 0.164. The zero-order chi connectivity index (χ0) is 16.2. The van der Waals surface area contributed by atoms with E-state index in [1.54, 1.807) is 18.2 Å². The van der Waals surface area contributed by atoms with Crippen molar-refractivity contribution in [2.45, 2.75) is 32.7 Å². The Morgan fingerprint density at radius 2 is 2.13 bits per heavy atom. The summed E-state index contributed by atoms with van der Waals surface area (Å²) in [4.78, 5) is 2.13. The molecule has 2 heterocycles. The molecule has 23 heavy (non-hydrogen) atoms. The number of β-amino-alcohol motifs (C(OH)–C–C–N with tert-alkyl or cyclic N) is 1. The molecule has 1 N–H and O–H groups in total. The molecule has 0 fully saturated rings. The van der Waals surface area contributed by atoms with Gasteiger partial charge in [0.1, 0.15) is 17.5 Å². The molecule has 0 bridgehead atoms. The maximum Gasteiger partial charge on any atom is 0.147 e. The summed E-state index contributed by atoms with van der Waals surface area (Å²) in [5.41, 5.74) is 0.501. The molecule has 7 heteroatoms. The van der Waals surface area contributed by atoms with E-state index in [0.717, 1.165) is 24.7 Å². The molecule has 1 aliphatic heterocycles. The van der Waals surface area contributed by atoms with Crippen LogP contribution in [0.25, 0.3) is 0 Å². The molecule has 124 valence electrons. The van der Waals surface area contributed by atoms with Crippen LogP contribution in [0.3, 0.4) is 0 Å². The minimum Gasteiger partial charge on any atom is -0.389 e. The van der Waals surface area contributed by atoms with E-state index >= 15 is 0 Å². The number of hydrogen-bond acceptors (Lipinski definition) is 5. The average Bonchev–Trinajstić information content (AvgIpc) is 2.90. The van der Waals surface area contributed by atoms with Crippen LogP contribution < -0.4 is 0 Å². The van der Waals surface area contributed by atoms with Crippen molar-refractivity contribution in [3.05, 3.63) is 47.3 Å². The molecule has 1 atom stereocenters. The molecular formula is C16H21FN4O2. The SMILES string of the molecule is Cc1nnc2n1CCN(CC(O)COCc1ccccc1F)C2. The van der Waals surface area contributed by atoms with Gasteiger partial charge in [0.15, 0.2) is 0 Å². The van der Waals surface area contributed by atoms with Crippen LogP contribution in [-0.2, 0) is 24.4 Å². The Hall–Kier alpha value is -1.83. The fraction of sp³-hybridized carbons (Fsp3) is 0.500. The van der Waals surface area contributed by atoms with Crippen LogP contribution in [0.1, 0.15) is 17.2 Å². The van der Waals surface area contributed by atoms with Crippen molar-refractivity contribution in [2.24, 2.45) is 0 Å². The highest BCUT2D eigenvalue weighted by Crippen LogP contribution is 2.12. The fourth-order valence-corrected chi connectivity index (χ4v) is 2.78. The van der Waals surface area contributed by atoms with Crippen molar-refractivity contribution in [2.75, 3.05) is 19.7 Å². The Morgan fingerprint density at radius 1 is 1.30 bits per heavy atom. The molecular weight excluding hydrogens is 299 g/mol. The Labute approximate surface area is 134 Å². The lowest BCUT2D eigenvalue weighted by Crippen LogP contribution is -2.40. The molecule has 1 aromatic carbocycles. The topological polar surface area (TPSA) is 63.4 Å². The maximum absolute atomic E-state index is 13.5. The van der Waals surface area contributed by atoms with Gasteiger partial charge < -0.3 is 14.4 Å². The van der Waals surface area contributed by atoms with E-state index in [9.17, 15) is 9.50 Å². The normalized spacial score (nSPS) is 16.3. The number of hydrogen-bond donors (Lipinski definition) is 1. The van der Waals surface area contributed by atoms with Gasteiger partial charge in [-0.05, 0) is 13.0 Å². The monoisotopic (exact) mass is 320 g/mol. The van der Waals surface area contributed by atoms with E-state index in [2.05, 4.69) is 19.7 Å². The maximum atomic E-state index is 13.5. The highest BCUT2D eigenvalue weighted by Gasteiger charge is 2.21. The summed E-state index contributed by atoms with van der Waals surface area (Å²) < 4.78 is 21.0.